The standard InChI is InChI=1S/C30H34Cl2FN3O3/c1-27(2)9-11-29(12-10-27)30(19-8-7-16(31)13-21(19)35-26(30)38)22(18-5-4-6-20(32)23(18)33)24(36-29)25(37)34-17-14-28(3,39)15-17/h4-8,13,17,22,24,36,39H,9-12,14-15H2,1-3H3,(H,34,37)(H,35,38)/t17?,22-,24+,28?,30+/m0/s1. The van der Waals surface area contributed by atoms with Crippen LogP contribution >= 0.6 is 23.2 Å². The number of benzene rings is 2. The van der Waals surface area contributed by atoms with Crippen molar-refractivity contribution in [3.8, 4) is 0 Å². The quantitative estimate of drug-likeness (QED) is 0.393. The number of rotatable bonds is 3. The highest BCUT2D eigenvalue weighted by Crippen LogP contribution is 2.64. The van der Waals surface area contributed by atoms with Gasteiger partial charge >= 0.3 is 0 Å². The minimum atomic E-state index is -1.28. The van der Waals surface area contributed by atoms with Crippen molar-refractivity contribution in [3.05, 3.63) is 63.4 Å². The van der Waals surface area contributed by atoms with E-state index in [-0.39, 0.29) is 33.9 Å². The van der Waals surface area contributed by atoms with Crippen LogP contribution in [-0.2, 0) is 15.0 Å². The van der Waals surface area contributed by atoms with Gasteiger partial charge in [-0.15, -0.1) is 0 Å². The molecule has 2 aromatic rings. The Labute approximate surface area is 238 Å². The van der Waals surface area contributed by atoms with Crippen molar-refractivity contribution >= 4 is 40.7 Å². The Morgan fingerprint density at radius 1 is 1.08 bits per heavy atom. The Bertz CT molecular complexity index is 1360. The molecule has 3 fully saturated rings. The monoisotopic (exact) mass is 573 g/mol. The SMILES string of the molecule is CC1(C)CCC2(CC1)N[C@@H](C(=O)NC1CC(C)(O)C1)[C@H](c1cccc(Cl)c1F)[C@]21C(=O)Nc2cc(Cl)ccc21. The lowest BCUT2D eigenvalue weighted by Gasteiger charge is -2.50. The predicted octanol–water partition coefficient (Wildman–Crippen LogP) is 5.45. The summed E-state index contributed by atoms with van der Waals surface area (Å²) >= 11 is 12.6. The van der Waals surface area contributed by atoms with Gasteiger partial charge in [0.05, 0.1) is 16.7 Å². The molecule has 208 valence electrons. The number of anilines is 1. The summed E-state index contributed by atoms with van der Waals surface area (Å²) in [6, 6.07) is 8.99. The van der Waals surface area contributed by atoms with E-state index in [4.69, 9.17) is 23.2 Å². The molecule has 0 radical (unpaired) electrons. The fourth-order valence-corrected chi connectivity index (χ4v) is 8.16. The number of amides is 2. The average Bonchev–Trinajstić information content (AvgIpc) is 3.29. The van der Waals surface area contributed by atoms with Crippen LogP contribution in [0, 0.1) is 11.2 Å². The normalized spacial score (nSPS) is 34.0. The van der Waals surface area contributed by atoms with Crippen molar-refractivity contribution in [1.29, 1.82) is 0 Å². The van der Waals surface area contributed by atoms with Crippen LogP contribution in [-0.4, -0.2) is 40.1 Å². The molecule has 4 aliphatic rings. The van der Waals surface area contributed by atoms with Gasteiger partial charge in [0.15, 0.2) is 0 Å². The number of hydrogen-bond donors (Lipinski definition) is 4. The van der Waals surface area contributed by atoms with Gasteiger partial charge in [0, 0.05) is 28.2 Å². The topological polar surface area (TPSA) is 90.5 Å². The zero-order chi connectivity index (χ0) is 28.0. The van der Waals surface area contributed by atoms with Gasteiger partial charge in [0.25, 0.3) is 0 Å². The molecular weight excluding hydrogens is 540 g/mol. The van der Waals surface area contributed by atoms with Crippen molar-refractivity contribution in [3.63, 3.8) is 0 Å². The van der Waals surface area contributed by atoms with Gasteiger partial charge in [-0.25, -0.2) is 4.39 Å². The number of carbonyl (C=O) groups excluding carboxylic acids is 2. The summed E-state index contributed by atoms with van der Waals surface area (Å²) in [5.41, 5.74) is -1.30. The first kappa shape index (κ1) is 27.0. The summed E-state index contributed by atoms with van der Waals surface area (Å²) < 4.78 is 15.9. The second kappa shape index (κ2) is 8.90. The van der Waals surface area contributed by atoms with Gasteiger partial charge in [-0.3, -0.25) is 14.9 Å². The molecule has 0 aromatic heterocycles. The third-order valence-electron chi connectivity index (χ3n) is 9.77. The number of aliphatic hydroxyl groups is 1. The van der Waals surface area contributed by atoms with Gasteiger partial charge < -0.3 is 15.7 Å². The molecule has 6 rings (SSSR count). The van der Waals surface area contributed by atoms with Crippen LogP contribution in [0.5, 0.6) is 0 Å². The highest BCUT2D eigenvalue weighted by Gasteiger charge is 2.73. The first-order valence-electron chi connectivity index (χ1n) is 13.6. The van der Waals surface area contributed by atoms with Crippen LogP contribution in [0.1, 0.15) is 76.3 Å². The predicted molar refractivity (Wildman–Crippen MR) is 150 cm³/mol. The lowest BCUT2D eigenvalue weighted by molar-refractivity contribution is -0.127. The smallest absolute Gasteiger partial charge is 0.238 e. The highest BCUT2D eigenvalue weighted by molar-refractivity contribution is 6.31. The average molecular weight is 575 g/mol. The molecule has 6 nitrogen and oxygen atoms in total. The van der Waals surface area contributed by atoms with E-state index in [0.717, 1.165) is 18.4 Å². The zero-order valence-corrected chi connectivity index (χ0v) is 23.8. The minimum absolute atomic E-state index is 0.0580. The summed E-state index contributed by atoms with van der Waals surface area (Å²) in [7, 11) is 0. The molecule has 2 spiro atoms. The Kier molecular flexibility index (Phi) is 6.16. The number of fused-ring (bicyclic) bond motifs is 3. The Balaban J connectivity index is 1.56. The molecule has 0 unspecified atom stereocenters. The molecule has 2 aliphatic carbocycles. The molecule has 2 aromatic carbocycles. The Hall–Kier alpha value is -2.19. The molecular formula is C30H34Cl2FN3O3. The van der Waals surface area contributed by atoms with Gasteiger partial charge in [-0.2, -0.15) is 0 Å². The number of halogens is 3. The lowest BCUT2D eigenvalue weighted by atomic mass is 9.53. The number of carbonyl (C=O) groups is 2. The molecule has 2 aliphatic heterocycles. The molecule has 2 heterocycles. The summed E-state index contributed by atoms with van der Waals surface area (Å²) in [6.07, 6.45) is 3.82. The van der Waals surface area contributed by atoms with Crippen molar-refractivity contribution in [2.45, 2.75) is 93.9 Å². The van der Waals surface area contributed by atoms with E-state index in [9.17, 15) is 14.7 Å². The van der Waals surface area contributed by atoms with Crippen molar-refractivity contribution in [1.82, 2.24) is 10.6 Å². The highest BCUT2D eigenvalue weighted by atomic mass is 35.5. The maximum absolute atomic E-state index is 15.9. The second-order valence-electron chi connectivity index (χ2n) is 13.1. The van der Waals surface area contributed by atoms with Crippen molar-refractivity contribution in [2.24, 2.45) is 5.41 Å². The van der Waals surface area contributed by atoms with E-state index in [0.29, 0.717) is 36.4 Å². The second-order valence-corrected chi connectivity index (χ2v) is 13.9. The van der Waals surface area contributed by atoms with E-state index in [2.05, 4.69) is 29.8 Å². The molecule has 9 heteroatoms. The largest absolute Gasteiger partial charge is 0.390 e. The van der Waals surface area contributed by atoms with Crippen molar-refractivity contribution < 1.29 is 19.1 Å². The number of nitrogens with one attached hydrogen (secondary N) is 3. The molecule has 3 atom stereocenters. The third kappa shape index (κ3) is 4.03. The number of hydrogen-bond acceptors (Lipinski definition) is 4. The molecule has 4 N–H and O–H groups in total. The maximum Gasteiger partial charge on any atom is 0.238 e. The van der Waals surface area contributed by atoms with Crippen LogP contribution < -0.4 is 16.0 Å². The van der Waals surface area contributed by atoms with Crippen LogP contribution in [0.2, 0.25) is 10.0 Å². The van der Waals surface area contributed by atoms with Gasteiger partial charge in [-0.1, -0.05) is 55.2 Å². The first-order valence-corrected chi connectivity index (χ1v) is 14.4. The van der Waals surface area contributed by atoms with Crippen molar-refractivity contribution in [2.75, 3.05) is 5.32 Å². The fraction of sp³-hybridized carbons (Fsp3) is 0.533. The van der Waals surface area contributed by atoms with Crippen LogP contribution in [0.3, 0.4) is 0 Å². The molecule has 0 bridgehead atoms. The fourth-order valence-electron chi connectivity index (χ4n) is 7.81. The molecule has 2 amide bonds. The minimum Gasteiger partial charge on any atom is -0.390 e. The van der Waals surface area contributed by atoms with Gasteiger partial charge in [0.1, 0.15) is 11.2 Å². The third-order valence-corrected chi connectivity index (χ3v) is 10.3. The summed E-state index contributed by atoms with van der Waals surface area (Å²) in [5.74, 6) is -2.08. The van der Waals surface area contributed by atoms with E-state index in [1.807, 2.05) is 6.07 Å². The zero-order valence-electron chi connectivity index (χ0n) is 22.3. The van der Waals surface area contributed by atoms with Gasteiger partial charge in [0.2, 0.25) is 11.8 Å². The van der Waals surface area contributed by atoms with Crippen LogP contribution in [0.15, 0.2) is 36.4 Å². The van der Waals surface area contributed by atoms with E-state index in [1.54, 1.807) is 31.2 Å². The van der Waals surface area contributed by atoms with Crippen LogP contribution in [0.4, 0.5) is 10.1 Å². The van der Waals surface area contributed by atoms with E-state index in [1.165, 1.54) is 6.07 Å². The van der Waals surface area contributed by atoms with Gasteiger partial charge in [-0.05, 0) is 80.2 Å². The summed E-state index contributed by atoms with van der Waals surface area (Å²) in [6.45, 7) is 6.17. The summed E-state index contributed by atoms with van der Waals surface area (Å²) in [5, 5.41) is 20.4. The maximum atomic E-state index is 15.9. The Morgan fingerprint density at radius 3 is 2.44 bits per heavy atom. The van der Waals surface area contributed by atoms with E-state index < -0.39 is 34.3 Å². The van der Waals surface area contributed by atoms with E-state index >= 15 is 4.39 Å². The summed E-state index contributed by atoms with van der Waals surface area (Å²) in [4.78, 5) is 28.5. The lowest BCUT2D eigenvalue weighted by Crippen LogP contribution is -2.61. The molecule has 2 saturated carbocycles. The van der Waals surface area contributed by atoms with Crippen LogP contribution in [0.25, 0.3) is 0 Å². The first-order chi connectivity index (χ1) is 18.3. The molecule has 1 saturated heterocycles. The molecule has 39 heavy (non-hydrogen) atoms. The Morgan fingerprint density at radius 2 is 1.77 bits per heavy atom.